The standard InChI is InChI=1S/C22H24ClN3OS/c1-3-11-26-21-14-18(27-2)8-9-19(21)20(15-24)22(26)16-6-4-7-17(13-16)25-28-12-5-10-23/h4,6-9,13-14,25H,3,5,10-12H2,1-2H3. The molecule has 0 aliphatic carbocycles. The second-order valence-electron chi connectivity index (χ2n) is 6.44. The Hall–Kier alpha value is -2.29. The van der Waals surface area contributed by atoms with E-state index in [1.54, 1.807) is 19.1 Å². The summed E-state index contributed by atoms with van der Waals surface area (Å²) >= 11 is 7.39. The van der Waals surface area contributed by atoms with Gasteiger partial charge in [-0.1, -0.05) is 31.0 Å². The van der Waals surface area contributed by atoms with Crippen molar-refractivity contribution >= 4 is 40.1 Å². The molecular weight excluding hydrogens is 390 g/mol. The number of hydrogen-bond acceptors (Lipinski definition) is 4. The van der Waals surface area contributed by atoms with Crippen molar-refractivity contribution in [2.24, 2.45) is 0 Å². The van der Waals surface area contributed by atoms with E-state index >= 15 is 0 Å². The molecule has 3 rings (SSSR count). The predicted molar refractivity (Wildman–Crippen MR) is 120 cm³/mol. The Bertz CT molecular complexity index is 993. The molecule has 28 heavy (non-hydrogen) atoms. The highest BCUT2D eigenvalue weighted by Gasteiger charge is 2.19. The minimum Gasteiger partial charge on any atom is -0.497 e. The lowest BCUT2D eigenvalue weighted by molar-refractivity contribution is 0.415. The zero-order valence-corrected chi connectivity index (χ0v) is 17.7. The maximum atomic E-state index is 9.93. The van der Waals surface area contributed by atoms with Crippen molar-refractivity contribution in [1.29, 1.82) is 5.26 Å². The molecule has 1 heterocycles. The number of nitrogens with zero attached hydrogens (tertiary/aromatic N) is 2. The number of benzene rings is 2. The van der Waals surface area contributed by atoms with Crippen molar-refractivity contribution in [2.45, 2.75) is 26.3 Å². The fourth-order valence-electron chi connectivity index (χ4n) is 3.32. The molecule has 0 aliphatic rings. The number of halogens is 1. The number of fused-ring (bicyclic) bond motifs is 1. The summed E-state index contributed by atoms with van der Waals surface area (Å²) in [6, 6.07) is 16.6. The average Bonchev–Trinajstić information content (AvgIpc) is 3.04. The first kappa shape index (κ1) is 20.4. The molecule has 0 aliphatic heterocycles. The maximum absolute atomic E-state index is 9.93. The van der Waals surface area contributed by atoms with Gasteiger partial charge in [-0.15, -0.1) is 11.6 Å². The largest absolute Gasteiger partial charge is 0.497 e. The van der Waals surface area contributed by atoms with Crippen LogP contribution in [0.5, 0.6) is 5.75 Å². The summed E-state index contributed by atoms with van der Waals surface area (Å²) in [7, 11) is 1.66. The van der Waals surface area contributed by atoms with Crippen LogP contribution in [0.3, 0.4) is 0 Å². The Kier molecular flexibility index (Phi) is 7.13. The van der Waals surface area contributed by atoms with Crippen LogP contribution in [0.4, 0.5) is 5.69 Å². The summed E-state index contributed by atoms with van der Waals surface area (Å²) in [6.07, 6.45) is 1.94. The molecule has 1 N–H and O–H groups in total. The zero-order valence-electron chi connectivity index (χ0n) is 16.2. The van der Waals surface area contributed by atoms with Gasteiger partial charge in [0.25, 0.3) is 0 Å². The van der Waals surface area contributed by atoms with Crippen molar-refractivity contribution in [3.05, 3.63) is 48.0 Å². The summed E-state index contributed by atoms with van der Waals surface area (Å²) in [5.74, 6) is 2.41. The summed E-state index contributed by atoms with van der Waals surface area (Å²) in [4.78, 5) is 0. The molecule has 0 unspecified atom stereocenters. The van der Waals surface area contributed by atoms with E-state index in [1.165, 1.54) is 0 Å². The number of anilines is 1. The summed E-state index contributed by atoms with van der Waals surface area (Å²) in [6.45, 7) is 2.98. The van der Waals surface area contributed by atoms with E-state index in [9.17, 15) is 5.26 Å². The van der Waals surface area contributed by atoms with Gasteiger partial charge in [-0.3, -0.25) is 0 Å². The van der Waals surface area contributed by atoms with Crippen LogP contribution in [-0.4, -0.2) is 23.3 Å². The zero-order chi connectivity index (χ0) is 19.9. The lowest BCUT2D eigenvalue weighted by atomic mass is 10.1. The summed E-state index contributed by atoms with van der Waals surface area (Å²) in [5, 5.41) is 10.9. The van der Waals surface area contributed by atoms with Gasteiger partial charge < -0.3 is 14.0 Å². The number of nitriles is 1. The molecule has 3 aromatic rings. The number of hydrogen-bond donors (Lipinski definition) is 1. The number of nitrogens with one attached hydrogen (secondary N) is 1. The number of aryl methyl sites for hydroxylation is 1. The van der Waals surface area contributed by atoms with E-state index in [0.717, 1.165) is 58.7 Å². The lowest BCUT2D eigenvalue weighted by Gasteiger charge is -2.12. The molecule has 0 fully saturated rings. The first-order valence-corrected chi connectivity index (χ1v) is 10.9. The van der Waals surface area contributed by atoms with Gasteiger partial charge >= 0.3 is 0 Å². The molecule has 0 saturated heterocycles. The average molecular weight is 414 g/mol. The molecule has 0 atom stereocenters. The topological polar surface area (TPSA) is 50.0 Å². The first-order valence-electron chi connectivity index (χ1n) is 9.38. The van der Waals surface area contributed by atoms with Crippen molar-refractivity contribution in [3.8, 4) is 23.1 Å². The SMILES string of the molecule is CCCn1c(-c2cccc(NSCCCCl)c2)c(C#N)c2ccc(OC)cc21. The number of ether oxygens (including phenoxy) is 1. The van der Waals surface area contributed by atoms with Gasteiger partial charge in [0.1, 0.15) is 11.8 Å². The van der Waals surface area contributed by atoms with E-state index in [1.807, 2.05) is 30.3 Å². The van der Waals surface area contributed by atoms with Crippen LogP contribution in [0.1, 0.15) is 25.3 Å². The molecule has 6 heteroatoms. The van der Waals surface area contributed by atoms with Gasteiger partial charge in [0.15, 0.2) is 0 Å². The van der Waals surface area contributed by atoms with Gasteiger partial charge in [-0.05, 0) is 37.1 Å². The number of methoxy groups -OCH3 is 1. The van der Waals surface area contributed by atoms with Crippen LogP contribution in [0.25, 0.3) is 22.2 Å². The lowest BCUT2D eigenvalue weighted by Crippen LogP contribution is -2.00. The highest BCUT2D eigenvalue weighted by Crippen LogP contribution is 2.36. The third-order valence-electron chi connectivity index (χ3n) is 4.54. The molecule has 0 radical (unpaired) electrons. The van der Waals surface area contributed by atoms with E-state index < -0.39 is 0 Å². The summed E-state index contributed by atoms with van der Waals surface area (Å²) in [5.41, 5.74) is 4.75. The monoisotopic (exact) mass is 413 g/mol. The highest BCUT2D eigenvalue weighted by atomic mass is 35.5. The Morgan fingerprint density at radius 3 is 2.82 bits per heavy atom. The molecule has 0 amide bonds. The molecule has 4 nitrogen and oxygen atoms in total. The van der Waals surface area contributed by atoms with E-state index in [4.69, 9.17) is 16.3 Å². The van der Waals surface area contributed by atoms with Crippen LogP contribution < -0.4 is 9.46 Å². The normalized spacial score (nSPS) is 10.8. The van der Waals surface area contributed by atoms with E-state index in [-0.39, 0.29) is 0 Å². The third-order valence-corrected chi connectivity index (χ3v) is 5.68. The first-order chi connectivity index (χ1) is 13.7. The fourth-order valence-corrected chi connectivity index (χ4v) is 4.29. The second kappa shape index (κ2) is 9.77. The molecule has 1 aromatic heterocycles. The molecule has 146 valence electrons. The molecule has 0 bridgehead atoms. The third kappa shape index (κ3) is 4.24. The van der Waals surface area contributed by atoms with Crippen LogP contribution in [0.15, 0.2) is 42.5 Å². The van der Waals surface area contributed by atoms with Crippen molar-refractivity contribution in [1.82, 2.24) is 4.57 Å². The van der Waals surface area contributed by atoms with Crippen molar-refractivity contribution in [3.63, 3.8) is 0 Å². The molecular formula is C22H24ClN3OS. The minimum absolute atomic E-state index is 0.667. The highest BCUT2D eigenvalue weighted by molar-refractivity contribution is 8.00. The van der Waals surface area contributed by atoms with Crippen molar-refractivity contribution in [2.75, 3.05) is 23.5 Å². The van der Waals surface area contributed by atoms with Crippen LogP contribution >= 0.6 is 23.5 Å². The molecule has 0 spiro atoms. The van der Waals surface area contributed by atoms with Crippen LogP contribution in [0, 0.1) is 11.3 Å². The Morgan fingerprint density at radius 1 is 1.25 bits per heavy atom. The second-order valence-corrected chi connectivity index (χ2v) is 7.72. The van der Waals surface area contributed by atoms with Crippen molar-refractivity contribution < 1.29 is 4.74 Å². The molecule has 0 saturated carbocycles. The number of rotatable bonds is 9. The smallest absolute Gasteiger partial charge is 0.120 e. The van der Waals surface area contributed by atoms with Gasteiger partial charge in [0, 0.05) is 40.9 Å². The maximum Gasteiger partial charge on any atom is 0.120 e. The van der Waals surface area contributed by atoms with E-state index in [0.29, 0.717) is 11.4 Å². The van der Waals surface area contributed by atoms with Gasteiger partial charge in [0.2, 0.25) is 0 Å². The predicted octanol–water partition coefficient (Wildman–Crippen LogP) is 6.29. The molecule has 2 aromatic carbocycles. The minimum atomic E-state index is 0.667. The Labute approximate surface area is 175 Å². The fraction of sp³-hybridized carbons (Fsp3) is 0.318. The number of aromatic nitrogens is 1. The Balaban J connectivity index is 2.09. The quantitative estimate of drug-likeness (QED) is 0.254. The van der Waals surface area contributed by atoms with Gasteiger partial charge in [-0.2, -0.15) is 5.26 Å². The van der Waals surface area contributed by atoms with Gasteiger partial charge in [0.05, 0.1) is 23.9 Å². The van der Waals surface area contributed by atoms with Crippen LogP contribution in [0.2, 0.25) is 0 Å². The van der Waals surface area contributed by atoms with Gasteiger partial charge in [-0.25, -0.2) is 0 Å². The van der Waals surface area contributed by atoms with E-state index in [2.05, 4.69) is 34.4 Å². The summed E-state index contributed by atoms with van der Waals surface area (Å²) < 4.78 is 11.0. The van der Waals surface area contributed by atoms with Crippen LogP contribution in [-0.2, 0) is 6.54 Å². The number of alkyl halides is 1. The Morgan fingerprint density at radius 2 is 2.11 bits per heavy atom.